The number of esters is 4. The van der Waals surface area contributed by atoms with Crippen molar-refractivity contribution in [2.45, 2.75) is 72.8 Å². The van der Waals surface area contributed by atoms with E-state index in [0.717, 1.165) is 0 Å². The molecule has 0 saturated heterocycles. The minimum atomic E-state index is -0.724. The number of methoxy groups -OCH3 is 1. The minimum Gasteiger partial charge on any atom is -0.468 e. The van der Waals surface area contributed by atoms with Crippen molar-refractivity contribution in [1.82, 2.24) is 5.32 Å². The molecule has 0 fully saturated rings. The first-order valence-corrected chi connectivity index (χ1v) is 12.1. The lowest BCUT2D eigenvalue weighted by molar-refractivity contribution is -0.144. The molecule has 1 atom stereocenters. The lowest BCUT2D eigenvalue weighted by Crippen LogP contribution is -2.41. The van der Waals surface area contributed by atoms with Gasteiger partial charge in [0, 0.05) is 25.8 Å². The van der Waals surface area contributed by atoms with Gasteiger partial charge in [0.05, 0.1) is 7.11 Å². The van der Waals surface area contributed by atoms with E-state index < -0.39 is 23.9 Å². The molecule has 9 heteroatoms. The first-order valence-electron chi connectivity index (χ1n) is 12.1. The Morgan fingerprint density at radius 2 is 1.49 bits per heavy atom. The van der Waals surface area contributed by atoms with Crippen molar-refractivity contribution in [2.75, 3.05) is 20.3 Å². The Bertz CT molecular complexity index is 850. The second-order valence-electron chi connectivity index (χ2n) is 9.13. The molecule has 1 aromatic rings. The van der Waals surface area contributed by atoms with Crippen LogP contribution in [0, 0.1) is 11.8 Å². The summed E-state index contributed by atoms with van der Waals surface area (Å²) in [5.74, 6) is -1.20. The van der Waals surface area contributed by atoms with E-state index in [-0.39, 0.29) is 61.7 Å². The van der Waals surface area contributed by atoms with Crippen molar-refractivity contribution < 1.29 is 38.1 Å². The maximum Gasteiger partial charge on any atom is 0.323 e. The van der Waals surface area contributed by atoms with Gasteiger partial charge in [-0.1, -0.05) is 40.7 Å². The van der Waals surface area contributed by atoms with E-state index >= 15 is 0 Å². The Hall–Kier alpha value is -2.94. The molecule has 0 unspecified atom stereocenters. The first kappa shape index (κ1) is 30.1. The van der Waals surface area contributed by atoms with Gasteiger partial charge in [-0.25, -0.2) is 0 Å². The number of carbonyl (C=O) groups excluding carboxylic acids is 4. The van der Waals surface area contributed by atoms with Crippen LogP contribution >= 0.6 is 0 Å². The van der Waals surface area contributed by atoms with Crippen LogP contribution in [0.4, 0.5) is 0 Å². The van der Waals surface area contributed by atoms with Crippen molar-refractivity contribution >= 4 is 23.9 Å². The van der Waals surface area contributed by atoms with Gasteiger partial charge in [0.15, 0.2) is 11.5 Å². The van der Waals surface area contributed by atoms with E-state index in [9.17, 15) is 19.2 Å². The lowest BCUT2D eigenvalue weighted by atomic mass is 10.0. The molecule has 0 aliphatic carbocycles. The van der Waals surface area contributed by atoms with Crippen LogP contribution in [0.3, 0.4) is 0 Å². The van der Waals surface area contributed by atoms with Crippen LogP contribution in [-0.2, 0) is 35.1 Å². The molecule has 196 valence electrons. The van der Waals surface area contributed by atoms with Crippen molar-refractivity contribution in [3.63, 3.8) is 0 Å². The summed E-state index contributed by atoms with van der Waals surface area (Å²) in [4.78, 5) is 48.3. The summed E-state index contributed by atoms with van der Waals surface area (Å²) >= 11 is 0. The van der Waals surface area contributed by atoms with Crippen LogP contribution in [0.25, 0.3) is 0 Å². The largest absolute Gasteiger partial charge is 0.468 e. The Labute approximate surface area is 207 Å². The molecule has 0 saturated carbocycles. The average molecular weight is 494 g/mol. The maximum atomic E-state index is 12.3. The SMILES string of the molecule is CCCC(=O)OCCN[C@@H](Cc1ccc(OC(=O)CC(C)C)c(OC(=O)CC(C)C)c1)C(=O)OC. The first-order chi connectivity index (χ1) is 16.5. The average Bonchev–Trinajstić information content (AvgIpc) is 2.76. The Morgan fingerprint density at radius 1 is 0.886 bits per heavy atom. The van der Waals surface area contributed by atoms with E-state index in [1.807, 2.05) is 34.6 Å². The Balaban J connectivity index is 3.00. The number of nitrogens with one attached hydrogen (secondary N) is 1. The number of hydrogen-bond donors (Lipinski definition) is 1. The van der Waals surface area contributed by atoms with Crippen LogP contribution in [0.2, 0.25) is 0 Å². The van der Waals surface area contributed by atoms with Gasteiger partial charge >= 0.3 is 23.9 Å². The van der Waals surface area contributed by atoms with Crippen molar-refractivity contribution in [2.24, 2.45) is 11.8 Å². The zero-order valence-electron chi connectivity index (χ0n) is 21.7. The topological polar surface area (TPSA) is 117 Å². The van der Waals surface area contributed by atoms with E-state index in [1.54, 1.807) is 18.2 Å². The summed E-state index contributed by atoms with van der Waals surface area (Å²) in [6.45, 7) is 9.86. The predicted molar refractivity (Wildman–Crippen MR) is 130 cm³/mol. The molecule has 0 bridgehead atoms. The summed E-state index contributed by atoms with van der Waals surface area (Å²) in [6, 6.07) is 4.09. The van der Waals surface area contributed by atoms with Gasteiger partial charge in [0.1, 0.15) is 12.6 Å². The van der Waals surface area contributed by atoms with Crippen LogP contribution in [0.15, 0.2) is 18.2 Å². The molecule has 9 nitrogen and oxygen atoms in total. The number of carbonyl (C=O) groups is 4. The van der Waals surface area contributed by atoms with Gasteiger partial charge in [0.25, 0.3) is 0 Å². The van der Waals surface area contributed by atoms with Crippen molar-refractivity contribution in [1.29, 1.82) is 0 Å². The molecule has 1 rings (SSSR count). The Kier molecular flexibility index (Phi) is 13.6. The second-order valence-corrected chi connectivity index (χ2v) is 9.13. The molecule has 0 aromatic heterocycles. The van der Waals surface area contributed by atoms with Crippen molar-refractivity contribution in [3.8, 4) is 11.5 Å². The van der Waals surface area contributed by atoms with E-state index in [0.29, 0.717) is 18.4 Å². The summed E-state index contributed by atoms with van der Waals surface area (Å²) in [5.41, 5.74) is 0.659. The molecule has 0 radical (unpaired) electrons. The number of rotatable bonds is 15. The highest BCUT2D eigenvalue weighted by molar-refractivity contribution is 5.77. The summed E-state index contributed by atoms with van der Waals surface area (Å²) in [6.07, 6.45) is 1.67. The maximum absolute atomic E-state index is 12.3. The van der Waals surface area contributed by atoms with Crippen LogP contribution in [-0.4, -0.2) is 50.2 Å². The smallest absolute Gasteiger partial charge is 0.323 e. The third-order valence-corrected chi connectivity index (χ3v) is 4.74. The highest BCUT2D eigenvalue weighted by Gasteiger charge is 2.22. The molecule has 0 spiro atoms. The third kappa shape index (κ3) is 12.4. The summed E-state index contributed by atoms with van der Waals surface area (Å²) < 4.78 is 21.0. The number of hydrogen-bond acceptors (Lipinski definition) is 9. The Morgan fingerprint density at radius 3 is 2.03 bits per heavy atom. The molecule has 35 heavy (non-hydrogen) atoms. The fourth-order valence-electron chi connectivity index (χ4n) is 3.13. The molecular weight excluding hydrogens is 454 g/mol. The quantitative estimate of drug-likeness (QED) is 0.222. The molecule has 1 N–H and O–H groups in total. The van der Waals surface area contributed by atoms with Gasteiger partial charge in [-0.05, 0) is 42.4 Å². The van der Waals surface area contributed by atoms with Gasteiger partial charge in [0.2, 0.25) is 0 Å². The van der Waals surface area contributed by atoms with Gasteiger partial charge in [-0.3, -0.25) is 19.2 Å². The minimum absolute atomic E-state index is 0.0944. The van der Waals surface area contributed by atoms with E-state index in [4.69, 9.17) is 18.9 Å². The van der Waals surface area contributed by atoms with Crippen LogP contribution in [0.1, 0.15) is 65.9 Å². The van der Waals surface area contributed by atoms with E-state index in [2.05, 4.69) is 5.32 Å². The third-order valence-electron chi connectivity index (χ3n) is 4.74. The second kappa shape index (κ2) is 15.9. The van der Waals surface area contributed by atoms with Crippen LogP contribution < -0.4 is 14.8 Å². The summed E-state index contributed by atoms with van der Waals surface area (Å²) in [7, 11) is 1.29. The molecule has 0 heterocycles. The number of benzene rings is 1. The van der Waals surface area contributed by atoms with Crippen molar-refractivity contribution in [3.05, 3.63) is 23.8 Å². The molecule has 1 aromatic carbocycles. The highest BCUT2D eigenvalue weighted by atomic mass is 16.6. The molecule has 0 amide bonds. The highest BCUT2D eigenvalue weighted by Crippen LogP contribution is 2.30. The number of ether oxygens (including phenoxy) is 4. The summed E-state index contributed by atoms with van der Waals surface area (Å²) in [5, 5.41) is 3.03. The van der Waals surface area contributed by atoms with Crippen LogP contribution in [0.5, 0.6) is 11.5 Å². The molecule has 0 aliphatic heterocycles. The van der Waals surface area contributed by atoms with Gasteiger partial charge in [-0.2, -0.15) is 0 Å². The monoisotopic (exact) mass is 493 g/mol. The van der Waals surface area contributed by atoms with E-state index in [1.165, 1.54) is 7.11 Å². The zero-order chi connectivity index (χ0) is 26.4. The standard InChI is InChI=1S/C26H39NO8/c1-7-8-23(28)33-12-11-27-20(26(31)32-6)15-19-9-10-21(34-24(29)13-17(2)3)22(16-19)35-25(30)14-18(4)5/h9-10,16-18,20,27H,7-8,11-15H2,1-6H3/t20-/m0/s1. The zero-order valence-corrected chi connectivity index (χ0v) is 21.7. The van der Waals surface area contributed by atoms with Gasteiger partial charge in [-0.15, -0.1) is 0 Å². The fourth-order valence-corrected chi connectivity index (χ4v) is 3.13. The molecule has 0 aliphatic rings. The predicted octanol–water partition coefficient (Wildman–Crippen LogP) is 3.61. The lowest BCUT2D eigenvalue weighted by Gasteiger charge is -2.18. The van der Waals surface area contributed by atoms with Gasteiger partial charge < -0.3 is 24.3 Å². The normalized spacial score (nSPS) is 11.8. The molecular formula is C26H39NO8. The fraction of sp³-hybridized carbons (Fsp3) is 0.615.